The van der Waals surface area contributed by atoms with Crippen LogP contribution in [0.5, 0.6) is 0 Å². The Morgan fingerprint density at radius 3 is 2.42 bits per heavy atom. The number of benzene rings is 1. The first kappa shape index (κ1) is 14.1. The van der Waals surface area contributed by atoms with Gasteiger partial charge in [0.25, 0.3) is 0 Å². The fourth-order valence-electron chi connectivity index (χ4n) is 2.92. The second-order valence-electron chi connectivity index (χ2n) is 5.44. The molecule has 1 saturated carbocycles. The van der Waals surface area contributed by atoms with E-state index in [1.165, 1.54) is 44.6 Å². The molecule has 1 atom stereocenters. The molecule has 0 radical (unpaired) electrons. The third-order valence-electron chi connectivity index (χ3n) is 3.98. The molecular weight excluding hydrogens is 238 g/mol. The number of aliphatic hydroxyl groups excluding tert-OH is 1. The lowest BCUT2D eigenvalue weighted by atomic mass is 9.84. The van der Waals surface area contributed by atoms with Gasteiger partial charge in [-0.15, -0.1) is 0 Å². The molecule has 2 rings (SSSR count). The molecule has 3 heteroatoms. The van der Waals surface area contributed by atoms with E-state index in [1.807, 2.05) is 12.1 Å². The lowest BCUT2D eigenvalue weighted by molar-refractivity contribution is -0.120. The fourth-order valence-corrected chi connectivity index (χ4v) is 2.92. The van der Waals surface area contributed by atoms with Crippen LogP contribution in [-0.2, 0) is 4.79 Å². The number of hydrogen-bond donors (Lipinski definition) is 2. The average molecular weight is 261 g/mol. The van der Waals surface area contributed by atoms with E-state index < -0.39 is 0 Å². The summed E-state index contributed by atoms with van der Waals surface area (Å²) in [5.41, 5.74) is 2.36. The van der Waals surface area contributed by atoms with E-state index in [1.54, 1.807) is 0 Å². The molecule has 1 aromatic carbocycles. The lowest BCUT2D eigenvalue weighted by Gasteiger charge is -2.23. The van der Waals surface area contributed by atoms with Crippen molar-refractivity contribution in [3.63, 3.8) is 0 Å². The summed E-state index contributed by atoms with van der Waals surface area (Å²) in [5.74, 6) is 0.576. The van der Waals surface area contributed by atoms with Gasteiger partial charge < -0.3 is 10.4 Å². The molecule has 1 amide bonds. The quantitative estimate of drug-likeness (QED) is 0.875. The third kappa shape index (κ3) is 3.80. The van der Waals surface area contributed by atoms with Gasteiger partial charge in [-0.2, -0.15) is 0 Å². The first-order valence-electron chi connectivity index (χ1n) is 7.18. The maximum atomic E-state index is 11.1. The zero-order valence-electron chi connectivity index (χ0n) is 11.6. The van der Waals surface area contributed by atoms with Crippen molar-refractivity contribution in [3.8, 4) is 0 Å². The van der Waals surface area contributed by atoms with E-state index in [-0.39, 0.29) is 18.6 Å². The van der Waals surface area contributed by atoms with Crippen LogP contribution in [-0.4, -0.2) is 17.6 Å². The summed E-state index contributed by atoms with van der Waals surface area (Å²) in [7, 11) is 0. The van der Waals surface area contributed by atoms with E-state index in [2.05, 4.69) is 17.4 Å². The number of carbonyl (C=O) groups excluding carboxylic acids is 1. The summed E-state index contributed by atoms with van der Waals surface area (Å²) >= 11 is 0. The van der Waals surface area contributed by atoms with Gasteiger partial charge in [0.1, 0.15) is 0 Å². The Hall–Kier alpha value is -1.35. The van der Waals surface area contributed by atoms with Gasteiger partial charge in [0.2, 0.25) is 5.91 Å². The molecule has 0 saturated heterocycles. The van der Waals surface area contributed by atoms with Crippen LogP contribution in [0.4, 0.5) is 0 Å². The predicted molar refractivity (Wildman–Crippen MR) is 75.9 cm³/mol. The van der Waals surface area contributed by atoms with Gasteiger partial charge in [0, 0.05) is 6.92 Å². The summed E-state index contributed by atoms with van der Waals surface area (Å²) in [4.78, 5) is 11.1. The van der Waals surface area contributed by atoms with Gasteiger partial charge in [-0.05, 0) is 29.9 Å². The smallest absolute Gasteiger partial charge is 0.217 e. The number of hydrogen-bond acceptors (Lipinski definition) is 2. The van der Waals surface area contributed by atoms with Gasteiger partial charge in [-0.25, -0.2) is 0 Å². The Bertz CT molecular complexity index is 407. The maximum Gasteiger partial charge on any atom is 0.217 e. The number of rotatable bonds is 4. The molecule has 1 fully saturated rings. The molecule has 1 unspecified atom stereocenters. The summed E-state index contributed by atoms with van der Waals surface area (Å²) in [6, 6.07) is 8.06. The van der Waals surface area contributed by atoms with Crippen LogP contribution in [0.3, 0.4) is 0 Å². The molecular formula is C16H23NO2. The van der Waals surface area contributed by atoms with E-state index in [4.69, 9.17) is 0 Å². The number of aliphatic hydroxyl groups is 1. The van der Waals surface area contributed by atoms with Crippen molar-refractivity contribution in [1.29, 1.82) is 0 Å². The molecule has 104 valence electrons. The molecule has 1 aliphatic carbocycles. The van der Waals surface area contributed by atoms with Crippen molar-refractivity contribution in [2.24, 2.45) is 0 Å². The van der Waals surface area contributed by atoms with Crippen molar-refractivity contribution in [2.45, 2.75) is 51.0 Å². The van der Waals surface area contributed by atoms with Crippen LogP contribution in [0.25, 0.3) is 0 Å². The summed E-state index contributed by atoms with van der Waals surface area (Å²) in [5, 5.41) is 12.1. The first-order valence-corrected chi connectivity index (χ1v) is 7.18. The molecule has 1 aliphatic rings. The van der Waals surface area contributed by atoms with Crippen LogP contribution in [0.15, 0.2) is 24.3 Å². The second-order valence-corrected chi connectivity index (χ2v) is 5.44. The highest BCUT2D eigenvalue weighted by Gasteiger charge is 2.16. The van der Waals surface area contributed by atoms with Crippen LogP contribution in [0.1, 0.15) is 62.1 Å². The van der Waals surface area contributed by atoms with Crippen molar-refractivity contribution in [2.75, 3.05) is 6.61 Å². The van der Waals surface area contributed by atoms with Crippen molar-refractivity contribution in [3.05, 3.63) is 35.4 Å². The van der Waals surface area contributed by atoms with E-state index >= 15 is 0 Å². The Labute approximate surface area is 115 Å². The zero-order chi connectivity index (χ0) is 13.7. The SMILES string of the molecule is CC(=O)NC(CO)c1ccc(C2CCCCC2)cc1. The second kappa shape index (κ2) is 6.71. The largest absolute Gasteiger partial charge is 0.394 e. The molecule has 3 nitrogen and oxygen atoms in total. The highest BCUT2D eigenvalue weighted by Crippen LogP contribution is 2.32. The topological polar surface area (TPSA) is 49.3 Å². The number of nitrogens with one attached hydrogen (secondary N) is 1. The van der Waals surface area contributed by atoms with Crippen molar-refractivity contribution in [1.82, 2.24) is 5.32 Å². The van der Waals surface area contributed by atoms with Gasteiger partial charge in [0.15, 0.2) is 0 Å². The Balaban J connectivity index is 2.05. The molecule has 19 heavy (non-hydrogen) atoms. The summed E-state index contributed by atoms with van der Waals surface area (Å²) < 4.78 is 0. The lowest BCUT2D eigenvalue weighted by Crippen LogP contribution is -2.28. The normalized spacial score (nSPS) is 18.0. The third-order valence-corrected chi connectivity index (χ3v) is 3.98. The molecule has 1 aromatic rings. The van der Waals surface area contributed by atoms with Gasteiger partial charge >= 0.3 is 0 Å². The molecule has 0 aromatic heterocycles. The van der Waals surface area contributed by atoms with Crippen LogP contribution < -0.4 is 5.32 Å². The summed E-state index contributed by atoms with van der Waals surface area (Å²) in [6.07, 6.45) is 6.60. The first-order chi connectivity index (χ1) is 9.20. The fraction of sp³-hybridized carbons (Fsp3) is 0.562. The molecule has 0 spiro atoms. The highest BCUT2D eigenvalue weighted by atomic mass is 16.3. The minimum atomic E-state index is -0.294. The van der Waals surface area contributed by atoms with Crippen LogP contribution in [0, 0.1) is 0 Å². The highest BCUT2D eigenvalue weighted by molar-refractivity contribution is 5.73. The Kier molecular flexibility index (Phi) is 4.97. The number of amides is 1. The van der Waals surface area contributed by atoms with Crippen LogP contribution >= 0.6 is 0 Å². The van der Waals surface area contributed by atoms with Gasteiger partial charge in [-0.1, -0.05) is 43.5 Å². The van der Waals surface area contributed by atoms with Crippen molar-refractivity contribution >= 4 is 5.91 Å². The Morgan fingerprint density at radius 2 is 1.89 bits per heavy atom. The minimum Gasteiger partial charge on any atom is -0.394 e. The van der Waals surface area contributed by atoms with Gasteiger partial charge in [0.05, 0.1) is 12.6 Å². The average Bonchev–Trinajstić information content (AvgIpc) is 2.46. The zero-order valence-corrected chi connectivity index (χ0v) is 11.6. The van der Waals surface area contributed by atoms with E-state index in [0.29, 0.717) is 5.92 Å². The standard InChI is InChI=1S/C16H23NO2/c1-12(19)17-16(11-18)15-9-7-14(8-10-15)13-5-3-2-4-6-13/h7-10,13,16,18H,2-6,11H2,1H3,(H,17,19). The van der Waals surface area contributed by atoms with E-state index in [9.17, 15) is 9.90 Å². The predicted octanol–water partition coefficient (Wildman–Crippen LogP) is 2.90. The van der Waals surface area contributed by atoms with E-state index in [0.717, 1.165) is 5.56 Å². The minimum absolute atomic E-state index is 0.0671. The van der Waals surface area contributed by atoms with Crippen molar-refractivity contribution < 1.29 is 9.90 Å². The molecule has 0 bridgehead atoms. The monoisotopic (exact) mass is 261 g/mol. The maximum absolute atomic E-state index is 11.1. The van der Waals surface area contributed by atoms with Crippen LogP contribution in [0.2, 0.25) is 0 Å². The van der Waals surface area contributed by atoms with Gasteiger partial charge in [-0.3, -0.25) is 4.79 Å². The number of carbonyl (C=O) groups is 1. The molecule has 0 heterocycles. The molecule has 2 N–H and O–H groups in total. The summed E-state index contributed by atoms with van der Waals surface area (Å²) in [6.45, 7) is 1.40. The Morgan fingerprint density at radius 1 is 1.26 bits per heavy atom. The molecule has 0 aliphatic heterocycles.